The third-order valence-electron chi connectivity index (χ3n) is 3.02. The van der Waals surface area contributed by atoms with Crippen LogP contribution in [0.1, 0.15) is 0 Å². The van der Waals surface area contributed by atoms with Crippen LogP contribution in [-0.4, -0.2) is 26.8 Å². The Morgan fingerprint density at radius 2 is 1.92 bits per heavy atom. The maximum atomic E-state index is 12.0. The molecule has 0 fully saturated rings. The summed E-state index contributed by atoms with van der Waals surface area (Å²) in [5.74, 6) is 0.814. The fourth-order valence-electron chi connectivity index (χ4n) is 1.94. The number of nitrogens with zero attached hydrogens (tertiary/aromatic N) is 2. The van der Waals surface area contributed by atoms with E-state index in [-0.39, 0.29) is 11.7 Å². The number of carbonyl (C=O) groups excluding carboxylic acids is 1. The number of nitrogens with one attached hydrogen (secondary N) is 2. The van der Waals surface area contributed by atoms with Crippen LogP contribution < -0.4 is 5.32 Å². The molecule has 0 bridgehead atoms. The van der Waals surface area contributed by atoms with Crippen molar-refractivity contribution >= 4 is 55.2 Å². The van der Waals surface area contributed by atoms with Crippen LogP contribution in [0.5, 0.6) is 0 Å². The zero-order chi connectivity index (χ0) is 16.9. The lowest BCUT2D eigenvalue weighted by Crippen LogP contribution is -2.13. The Hall–Kier alpha value is -1.64. The molecule has 0 saturated heterocycles. The van der Waals surface area contributed by atoms with Gasteiger partial charge in [-0.1, -0.05) is 55.8 Å². The normalized spacial score (nSPS) is 10.6. The fraction of sp³-hybridized carbons (Fsp3) is 0.0625. The zero-order valence-corrected chi connectivity index (χ0v) is 16.3. The lowest BCUT2D eigenvalue weighted by Gasteiger charge is -2.03. The largest absolute Gasteiger partial charge is 0.325 e. The third kappa shape index (κ3) is 4.68. The van der Waals surface area contributed by atoms with Crippen LogP contribution in [0, 0.1) is 0 Å². The van der Waals surface area contributed by atoms with E-state index in [9.17, 15) is 4.79 Å². The summed E-state index contributed by atoms with van der Waals surface area (Å²) >= 11 is 8.07. The highest BCUT2D eigenvalue weighted by Crippen LogP contribution is 2.22. The van der Waals surface area contributed by atoms with E-state index in [1.54, 1.807) is 0 Å². The fourth-order valence-corrected chi connectivity index (χ4v) is 3.20. The molecular formula is C16H12Br2N4OS. The van der Waals surface area contributed by atoms with E-state index in [1.165, 1.54) is 11.8 Å². The van der Waals surface area contributed by atoms with E-state index in [1.807, 2.05) is 48.5 Å². The van der Waals surface area contributed by atoms with Gasteiger partial charge in [0.2, 0.25) is 11.1 Å². The van der Waals surface area contributed by atoms with Gasteiger partial charge in [-0.15, -0.1) is 5.10 Å². The molecule has 8 heteroatoms. The van der Waals surface area contributed by atoms with Crippen molar-refractivity contribution in [3.05, 3.63) is 57.5 Å². The molecule has 1 aromatic heterocycles. The first-order valence-corrected chi connectivity index (χ1v) is 9.54. The SMILES string of the molecule is O=C(CSc1n[nH]c(-c2cccc(Br)c2)n1)Nc1ccc(Br)cc1. The summed E-state index contributed by atoms with van der Waals surface area (Å²) < 4.78 is 1.94. The second-order valence-corrected chi connectivity index (χ2v) is 7.59. The maximum Gasteiger partial charge on any atom is 0.234 e. The van der Waals surface area contributed by atoms with E-state index >= 15 is 0 Å². The number of H-pyrrole nitrogens is 1. The van der Waals surface area contributed by atoms with Crippen LogP contribution in [0.2, 0.25) is 0 Å². The van der Waals surface area contributed by atoms with E-state index in [4.69, 9.17) is 0 Å². The number of halogens is 2. The molecule has 0 radical (unpaired) electrons. The van der Waals surface area contributed by atoms with Crippen LogP contribution in [0.4, 0.5) is 5.69 Å². The average molecular weight is 468 g/mol. The zero-order valence-electron chi connectivity index (χ0n) is 12.3. The number of carbonyl (C=O) groups is 1. The third-order valence-corrected chi connectivity index (χ3v) is 4.89. The predicted molar refractivity (Wildman–Crippen MR) is 103 cm³/mol. The first-order valence-electron chi connectivity index (χ1n) is 6.97. The van der Waals surface area contributed by atoms with Crippen molar-refractivity contribution in [1.29, 1.82) is 0 Å². The van der Waals surface area contributed by atoms with Gasteiger partial charge in [-0.2, -0.15) is 0 Å². The van der Waals surface area contributed by atoms with Crippen molar-refractivity contribution in [2.45, 2.75) is 5.16 Å². The van der Waals surface area contributed by atoms with Crippen LogP contribution >= 0.6 is 43.6 Å². The molecule has 0 unspecified atom stereocenters. The van der Waals surface area contributed by atoms with Crippen molar-refractivity contribution in [1.82, 2.24) is 15.2 Å². The number of amides is 1. The monoisotopic (exact) mass is 466 g/mol. The molecule has 3 rings (SSSR count). The van der Waals surface area contributed by atoms with Crippen molar-refractivity contribution in [2.75, 3.05) is 11.1 Å². The predicted octanol–water partition coefficient (Wildman–Crippen LogP) is 4.73. The lowest BCUT2D eigenvalue weighted by atomic mass is 10.2. The smallest absolute Gasteiger partial charge is 0.234 e. The summed E-state index contributed by atoms with van der Waals surface area (Å²) in [7, 11) is 0. The van der Waals surface area contributed by atoms with Crippen LogP contribution in [0.25, 0.3) is 11.4 Å². The highest BCUT2D eigenvalue weighted by molar-refractivity contribution is 9.10. The molecule has 122 valence electrons. The Bertz CT molecular complexity index is 851. The molecule has 0 aliphatic heterocycles. The number of benzene rings is 2. The summed E-state index contributed by atoms with van der Waals surface area (Å²) in [4.78, 5) is 16.4. The van der Waals surface area contributed by atoms with E-state index < -0.39 is 0 Å². The Morgan fingerprint density at radius 3 is 2.67 bits per heavy atom. The van der Waals surface area contributed by atoms with Gasteiger partial charge in [0.05, 0.1) is 5.75 Å². The molecule has 0 atom stereocenters. The molecule has 0 spiro atoms. The second kappa shape index (κ2) is 7.96. The Kier molecular flexibility index (Phi) is 5.70. The maximum absolute atomic E-state index is 12.0. The van der Waals surface area contributed by atoms with Gasteiger partial charge in [-0.25, -0.2) is 4.98 Å². The van der Waals surface area contributed by atoms with Gasteiger partial charge in [0.15, 0.2) is 5.82 Å². The van der Waals surface area contributed by atoms with Crippen LogP contribution in [-0.2, 0) is 4.79 Å². The Balaban J connectivity index is 1.57. The number of rotatable bonds is 5. The van der Waals surface area contributed by atoms with Gasteiger partial charge < -0.3 is 5.32 Å². The second-order valence-electron chi connectivity index (χ2n) is 4.82. The summed E-state index contributed by atoms with van der Waals surface area (Å²) in [6.45, 7) is 0. The Morgan fingerprint density at radius 1 is 1.12 bits per heavy atom. The molecule has 2 aromatic carbocycles. The van der Waals surface area contributed by atoms with Gasteiger partial charge in [0, 0.05) is 20.2 Å². The molecular weight excluding hydrogens is 456 g/mol. The quantitative estimate of drug-likeness (QED) is 0.532. The van der Waals surface area contributed by atoms with Gasteiger partial charge in [0.1, 0.15) is 0 Å². The molecule has 1 amide bonds. The molecule has 2 N–H and O–H groups in total. The van der Waals surface area contributed by atoms with E-state index in [0.29, 0.717) is 11.0 Å². The molecule has 24 heavy (non-hydrogen) atoms. The topological polar surface area (TPSA) is 70.7 Å². The molecule has 0 aliphatic carbocycles. The first kappa shape index (κ1) is 17.2. The number of hydrogen-bond acceptors (Lipinski definition) is 4. The number of anilines is 1. The van der Waals surface area contributed by atoms with Crippen molar-refractivity contribution in [3.63, 3.8) is 0 Å². The van der Waals surface area contributed by atoms with Crippen molar-refractivity contribution in [3.8, 4) is 11.4 Å². The highest BCUT2D eigenvalue weighted by Gasteiger charge is 2.09. The first-order chi connectivity index (χ1) is 11.6. The molecule has 1 heterocycles. The van der Waals surface area contributed by atoms with Gasteiger partial charge in [0.25, 0.3) is 0 Å². The number of hydrogen-bond donors (Lipinski definition) is 2. The van der Waals surface area contributed by atoms with Crippen molar-refractivity contribution < 1.29 is 4.79 Å². The minimum Gasteiger partial charge on any atom is -0.325 e. The minimum atomic E-state index is -0.101. The number of aromatic amines is 1. The molecule has 0 saturated carbocycles. The van der Waals surface area contributed by atoms with Gasteiger partial charge in [-0.05, 0) is 36.4 Å². The number of thioether (sulfide) groups is 1. The van der Waals surface area contributed by atoms with Crippen LogP contribution in [0.15, 0.2) is 62.6 Å². The van der Waals surface area contributed by atoms with Crippen LogP contribution in [0.3, 0.4) is 0 Å². The molecule has 3 aromatic rings. The molecule has 5 nitrogen and oxygen atoms in total. The van der Waals surface area contributed by atoms with Gasteiger partial charge in [-0.3, -0.25) is 9.89 Å². The summed E-state index contributed by atoms with van der Waals surface area (Å²) in [5, 5.41) is 10.4. The van der Waals surface area contributed by atoms with Crippen molar-refractivity contribution in [2.24, 2.45) is 0 Å². The minimum absolute atomic E-state index is 0.101. The molecule has 0 aliphatic rings. The number of aromatic nitrogens is 3. The average Bonchev–Trinajstić information content (AvgIpc) is 3.04. The Labute approximate surface area is 159 Å². The highest BCUT2D eigenvalue weighted by atomic mass is 79.9. The standard InChI is InChI=1S/C16H12Br2N4OS/c17-11-4-6-13(7-5-11)19-14(23)9-24-16-20-15(21-22-16)10-2-1-3-12(18)8-10/h1-8H,9H2,(H,19,23)(H,20,21,22). The van der Waals surface area contributed by atoms with E-state index in [2.05, 4.69) is 52.4 Å². The van der Waals surface area contributed by atoms with E-state index in [0.717, 1.165) is 20.2 Å². The summed E-state index contributed by atoms with van der Waals surface area (Å²) in [6.07, 6.45) is 0. The lowest BCUT2D eigenvalue weighted by molar-refractivity contribution is -0.113. The summed E-state index contributed by atoms with van der Waals surface area (Å²) in [6, 6.07) is 15.2. The van der Waals surface area contributed by atoms with Gasteiger partial charge >= 0.3 is 0 Å². The summed E-state index contributed by atoms with van der Waals surface area (Å²) in [5.41, 5.74) is 1.69.